The van der Waals surface area contributed by atoms with E-state index in [1.807, 2.05) is 0 Å². The number of halogens is 2. The molecule has 126 valence electrons. The van der Waals surface area contributed by atoms with Gasteiger partial charge in [-0.3, -0.25) is 0 Å². The number of phenols is 1. The standard InChI is InChI=1S/C15H22Cl2O5/c1-19-14(20-2)10-21-6-4-3-5-7-22-15-12(16)8-11(18)9-13(15)17/h8-9,14,18H,3-7,10H2,1-2H3. The Balaban J connectivity index is 2.11. The van der Waals surface area contributed by atoms with Crippen LogP contribution in [0, 0.1) is 0 Å². The fourth-order valence-corrected chi connectivity index (χ4v) is 2.34. The van der Waals surface area contributed by atoms with Gasteiger partial charge in [-0.2, -0.15) is 0 Å². The molecule has 22 heavy (non-hydrogen) atoms. The molecule has 0 aliphatic carbocycles. The topological polar surface area (TPSA) is 57.2 Å². The molecule has 0 aliphatic heterocycles. The van der Waals surface area contributed by atoms with Crippen molar-refractivity contribution < 1.29 is 24.1 Å². The van der Waals surface area contributed by atoms with Gasteiger partial charge in [0.15, 0.2) is 12.0 Å². The summed E-state index contributed by atoms with van der Waals surface area (Å²) in [6.45, 7) is 1.56. The van der Waals surface area contributed by atoms with Gasteiger partial charge in [0.05, 0.1) is 23.3 Å². The Morgan fingerprint density at radius 3 is 2.18 bits per heavy atom. The van der Waals surface area contributed by atoms with Gasteiger partial charge in [-0.25, -0.2) is 0 Å². The van der Waals surface area contributed by atoms with Crippen LogP contribution in [0.4, 0.5) is 0 Å². The molecule has 1 aromatic rings. The lowest BCUT2D eigenvalue weighted by molar-refractivity contribution is -0.140. The van der Waals surface area contributed by atoms with E-state index in [0.29, 0.717) is 35.6 Å². The Bertz CT molecular complexity index is 415. The Hall–Kier alpha value is -0.720. The number of benzene rings is 1. The number of rotatable bonds is 11. The molecule has 0 amide bonds. The van der Waals surface area contributed by atoms with Crippen LogP contribution in [-0.2, 0) is 14.2 Å². The van der Waals surface area contributed by atoms with Gasteiger partial charge in [0.2, 0.25) is 0 Å². The average molecular weight is 353 g/mol. The minimum Gasteiger partial charge on any atom is -0.508 e. The quantitative estimate of drug-likeness (QED) is 0.483. The van der Waals surface area contributed by atoms with Crippen LogP contribution in [-0.4, -0.2) is 45.4 Å². The predicted octanol–water partition coefficient (Wildman–Crippen LogP) is 3.88. The van der Waals surface area contributed by atoms with Crippen molar-refractivity contribution in [3.63, 3.8) is 0 Å². The molecule has 0 spiro atoms. The van der Waals surface area contributed by atoms with Crippen LogP contribution in [0.2, 0.25) is 10.0 Å². The summed E-state index contributed by atoms with van der Waals surface area (Å²) >= 11 is 11.9. The summed E-state index contributed by atoms with van der Waals surface area (Å²) in [5, 5.41) is 9.94. The average Bonchev–Trinajstić information content (AvgIpc) is 2.48. The monoisotopic (exact) mass is 352 g/mol. The van der Waals surface area contributed by atoms with Crippen molar-refractivity contribution >= 4 is 23.2 Å². The van der Waals surface area contributed by atoms with Gasteiger partial charge in [-0.05, 0) is 19.3 Å². The van der Waals surface area contributed by atoms with Gasteiger partial charge in [-0.1, -0.05) is 23.2 Å². The zero-order valence-corrected chi connectivity index (χ0v) is 14.3. The summed E-state index contributed by atoms with van der Waals surface area (Å²) in [6.07, 6.45) is 2.41. The van der Waals surface area contributed by atoms with Crippen LogP contribution in [0.3, 0.4) is 0 Å². The lowest BCUT2D eigenvalue weighted by Crippen LogP contribution is -2.20. The van der Waals surface area contributed by atoms with E-state index in [1.54, 1.807) is 14.2 Å². The van der Waals surface area contributed by atoms with Crippen molar-refractivity contribution in [3.05, 3.63) is 22.2 Å². The second-order valence-electron chi connectivity index (χ2n) is 4.62. The van der Waals surface area contributed by atoms with Crippen LogP contribution >= 0.6 is 23.2 Å². The smallest absolute Gasteiger partial charge is 0.180 e. The lowest BCUT2D eigenvalue weighted by Gasteiger charge is -2.13. The summed E-state index contributed by atoms with van der Waals surface area (Å²) < 4.78 is 21.0. The highest BCUT2D eigenvalue weighted by molar-refractivity contribution is 6.37. The highest BCUT2D eigenvalue weighted by Gasteiger charge is 2.09. The Kier molecular flexibility index (Phi) is 9.59. The Labute approximate surface area is 141 Å². The molecule has 7 heteroatoms. The summed E-state index contributed by atoms with van der Waals surface area (Å²) in [5.41, 5.74) is 0. The maximum Gasteiger partial charge on any atom is 0.180 e. The molecular formula is C15H22Cl2O5. The van der Waals surface area contributed by atoms with Crippen molar-refractivity contribution in [1.29, 1.82) is 0 Å². The van der Waals surface area contributed by atoms with E-state index in [-0.39, 0.29) is 12.0 Å². The summed E-state index contributed by atoms with van der Waals surface area (Å²) in [6, 6.07) is 2.80. The molecule has 1 aromatic carbocycles. The van der Waals surface area contributed by atoms with E-state index in [2.05, 4.69) is 0 Å². The van der Waals surface area contributed by atoms with Crippen molar-refractivity contribution in [2.75, 3.05) is 34.0 Å². The Morgan fingerprint density at radius 2 is 1.59 bits per heavy atom. The molecule has 5 nitrogen and oxygen atoms in total. The largest absolute Gasteiger partial charge is 0.508 e. The molecule has 0 unspecified atom stereocenters. The molecule has 0 aromatic heterocycles. The van der Waals surface area contributed by atoms with Crippen LogP contribution in [0.5, 0.6) is 11.5 Å². The molecule has 0 aliphatic rings. The van der Waals surface area contributed by atoms with E-state index < -0.39 is 0 Å². The molecule has 0 bridgehead atoms. The highest BCUT2D eigenvalue weighted by Crippen LogP contribution is 2.36. The lowest BCUT2D eigenvalue weighted by atomic mass is 10.2. The number of unbranched alkanes of at least 4 members (excludes halogenated alkanes) is 2. The third kappa shape index (κ3) is 7.03. The van der Waals surface area contributed by atoms with Crippen molar-refractivity contribution in [1.82, 2.24) is 0 Å². The van der Waals surface area contributed by atoms with E-state index in [0.717, 1.165) is 19.3 Å². The van der Waals surface area contributed by atoms with Crippen molar-refractivity contribution in [2.45, 2.75) is 25.6 Å². The molecule has 0 saturated carbocycles. The number of aromatic hydroxyl groups is 1. The second-order valence-corrected chi connectivity index (χ2v) is 5.44. The molecule has 0 fully saturated rings. The van der Waals surface area contributed by atoms with Crippen molar-refractivity contribution in [3.8, 4) is 11.5 Å². The molecule has 1 N–H and O–H groups in total. The molecule has 0 heterocycles. The number of methoxy groups -OCH3 is 2. The number of ether oxygens (including phenoxy) is 4. The second kappa shape index (κ2) is 10.9. The first-order chi connectivity index (χ1) is 10.6. The zero-order valence-electron chi connectivity index (χ0n) is 12.8. The number of hydrogen-bond donors (Lipinski definition) is 1. The van der Waals surface area contributed by atoms with Gasteiger partial charge in [0.25, 0.3) is 0 Å². The van der Waals surface area contributed by atoms with E-state index >= 15 is 0 Å². The number of phenolic OH excluding ortho intramolecular Hbond substituents is 1. The van der Waals surface area contributed by atoms with Crippen molar-refractivity contribution in [2.24, 2.45) is 0 Å². The van der Waals surface area contributed by atoms with E-state index in [9.17, 15) is 5.11 Å². The number of hydrogen-bond acceptors (Lipinski definition) is 5. The minimum atomic E-state index is -0.317. The first-order valence-electron chi connectivity index (χ1n) is 7.02. The summed E-state index contributed by atoms with van der Waals surface area (Å²) in [5.74, 6) is 0.422. The van der Waals surface area contributed by atoms with Gasteiger partial charge in [0.1, 0.15) is 5.75 Å². The molecule has 1 rings (SSSR count). The molecule has 0 saturated heterocycles. The predicted molar refractivity (Wildman–Crippen MR) is 86.1 cm³/mol. The first-order valence-corrected chi connectivity index (χ1v) is 7.78. The van der Waals surface area contributed by atoms with E-state index in [1.165, 1.54) is 12.1 Å². The molecule has 0 radical (unpaired) electrons. The van der Waals surface area contributed by atoms with Crippen LogP contribution in [0.1, 0.15) is 19.3 Å². The van der Waals surface area contributed by atoms with Gasteiger partial charge in [-0.15, -0.1) is 0 Å². The fraction of sp³-hybridized carbons (Fsp3) is 0.600. The third-order valence-electron chi connectivity index (χ3n) is 2.94. The molecular weight excluding hydrogens is 331 g/mol. The molecule has 0 atom stereocenters. The van der Waals surface area contributed by atoms with Crippen LogP contribution < -0.4 is 4.74 Å². The maximum absolute atomic E-state index is 9.33. The van der Waals surface area contributed by atoms with Gasteiger partial charge < -0.3 is 24.1 Å². The normalized spacial score (nSPS) is 11.1. The minimum absolute atomic E-state index is 0.0184. The van der Waals surface area contributed by atoms with Gasteiger partial charge in [0, 0.05) is 33.0 Å². The fourth-order valence-electron chi connectivity index (χ4n) is 1.75. The van der Waals surface area contributed by atoms with Gasteiger partial charge >= 0.3 is 0 Å². The van der Waals surface area contributed by atoms with Crippen LogP contribution in [0.25, 0.3) is 0 Å². The van der Waals surface area contributed by atoms with E-state index in [4.69, 9.17) is 42.1 Å². The highest BCUT2D eigenvalue weighted by atomic mass is 35.5. The Morgan fingerprint density at radius 1 is 1.00 bits per heavy atom. The van der Waals surface area contributed by atoms with Crippen LogP contribution in [0.15, 0.2) is 12.1 Å². The summed E-state index contributed by atoms with van der Waals surface area (Å²) in [7, 11) is 3.16. The SMILES string of the molecule is COC(COCCCCCOc1c(Cl)cc(O)cc1Cl)OC. The maximum atomic E-state index is 9.33. The first kappa shape index (κ1) is 19.3. The third-order valence-corrected chi connectivity index (χ3v) is 3.50. The zero-order chi connectivity index (χ0) is 16.4. The summed E-state index contributed by atoms with van der Waals surface area (Å²) in [4.78, 5) is 0.